The number of amides is 3. The number of ether oxygens (including phenoxy) is 1. The highest BCUT2D eigenvalue weighted by Gasteiger charge is 2.35. The fourth-order valence-corrected chi connectivity index (χ4v) is 3.99. The van der Waals surface area contributed by atoms with Crippen LogP contribution in [0.5, 0.6) is 0 Å². The van der Waals surface area contributed by atoms with Crippen molar-refractivity contribution in [2.24, 2.45) is 5.92 Å². The van der Waals surface area contributed by atoms with E-state index in [-0.39, 0.29) is 12.6 Å². The predicted molar refractivity (Wildman–Crippen MR) is 102 cm³/mol. The van der Waals surface area contributed by atoms with Crippen molar-refractivity contribution in [2.45, 2.75) is 31.9 Å². The third kappa shape index (κ3) is 4.85. The SMILES string of the molecule is COC(=O)c1cccc2c1CCCN2C(=O)N1CCCC(C(=O)NCC(F)(F)F)C1. The van der Waals surface area contributed by atoms with Gasteiger partial charge in [0.15, 0.2) is 0 Å². The topological polar surface area (TPSA) is 79.0 Å². The monoisotopic (exact) mass is 427 g/mol. The zero-order valence-electron chi connectivity index (χ0n) is 16.6. The van der Waals surface area contributed by atoms with E-state index in [2.05, 4.69) is 0 Å². The number of likely N-dealkylation sites (tertiary alicyclic amines) is 1. The van der Waals surface area contributed by atoms with E-state index >= 15 is 0 Å². The molecule has 0 aromatic heterocycles. The summed E-state index contributed by atoms with van der Waals surface area (Å²) in [6.07, 6.45) is -2.23. The third-order valence-corrected chi connectivity index (χ3v) is 5.41. The minimum atomic E-state index is -4.48. The van der Waals surface area contributed by atoms with Crippen molar-refractivity contribution in [2.75, 3.05) is 38.2 Å². The number of carbonyl (C=O) groups is 3. The Labute approximate surface area is 172 Å². The molecule has 0 spiro atoms. The lowest BCUT2D eigenvalue weighted by Crippen LogP contribution is -2.52. The van der Waals surface area contributed by atoms with E-state index in [1.165, 1.54) is 12.0 Å². The number of nitrogens with zero attached hydrogens (tertiary/aromatic N) is 2. The van der Waals surface area contributed by atoms with Crippen LogP contribution >= 0.6 is 0 Å². The van der Waals surface area contributed by atoms with Crippen LogP contribution < -0.4 is 10.2 Å². The number of rotatable bonds is 3. The number of esters is 1. The number of fused-ring (bicyclic) bond motifs is 1. The predicted octanol–water partition coefficient (Wildman–Crippen LogP) is 2.74. The summed E-state index contributed by atoms with van der Waals surface area (Å²) in [5.74, 6) is -1.85. The second-order valence-corrected chi connectivity index (χ2v) is 7.45. The van der Waals surface area contributed by atoms with Crippen molar-refractivity contribution >= 4 is 23.6 Å². The second kappa shape index (κ2) is 8.93. The molecule has 0 bridgehead atoms. The van der Waals surface area contributed by atoms with Gasteiger partial charge < -0.3 is 15.0 Å². The normalized spacial score (nSPS) is 19.1. The van der Waals surface area contributed by atoms with Gasteiger partial charge >= 0.3 is 18.2 Å². The van der Waals surface area contributed by atoms with Crippen LogP contribution in [0.2, 0.25) is 0 Å². The number of carbonyl (C=O) groups excluding carboxylic acids is 3. The van der Waals surface area contributed by atoms with E-state index in [1.54, 1.807) is 23.1 Å². The van der Waals surface area contributed by atoms with E-state index in [1.807, 2.05) is 5.32 Å². The fourth-order valence-electron chi connectivity index (χ4n) is 3.99. The smallest absolute Gasteiger partial charge is 0.405 e. The second-order valence-electron chi connectivity index (χ2n) is 7.45. The van der Waals surface area contributed by atoms with Crippen molar-refractivity contribution < 1.29 is 32.3 Å². The van der Waals surface area contributed by atoms with E-state index < -0.39 is 30.5 Å². The molecule has 10 heteroatoms. The molecule has 1 atom stereocenters. The Balaban J connectivity index is 1.73. The van der Waals surface area contributed by atoms with Crippen molar-refractivity contribution in [3.05, 3.63) is 29.3 Å². The quantitative estimate of drug-likeness (QED) is 0.753. The third-order valence-electron chi connectivity index (χ3n) is 5.41. The van der Waals surface area contributed by atoms with Crippen LogP contribution in [0.3, 0.4) is 0 Å². The molecule has 2 aliphatic heterocycles. The molecule has 2 aliphatic rings. The van der Waals surface area contributed by atoms with Crippen LogP contribution in [0, 0.1) is 5.92 Å². The maximum Gasteiger partial charge on any atom is 0.405 e. The highest BCUT2D eigenvalue weighted by Crippen LogP contribution is 2.32. The zero-order valence-corrected chi connectivity index (χ0v) is 16.6. The van der Waals surface area contributed by atoms with E-state index in [4.69, 9.17) is 4.74 Å². The Morgan fingerprint density at radius 3 is 2.67 bits per heavy atom. The molecule has 0 aliphatic carbocycles. The summed E-state index contributed by atoms with van der Waals surface area (Å²) < 4.78 is 41.9. The standard InChI is InChI=1S/C20H24F3N3O4/c1-30-18(28)15-6-2-8-16-14(15)7-4-10-26(16)19(29)25-9-3-5-13(11-25)17(27)24-12-20(21,22)23/h2,6,8,13H,3-5,7,9-12H2,1H3,(H,24,27). The molecular weight excluding hydrogens is 403 g/mol. The molecule has 1 unspecified atom stereocenters. The summed E-state index contributed by atoms with van der Waals surface area (Å²) >= 11 is 0. The van der Waals surface area contributed by atoms with Gasteiger partial charge in [0.25, 0.3) is 0 Å². The molecule has 30 heavy (non-hydrogen) atoms. The van der Waals surface area contributed by atoms with Crippen LogP contribution in [0.25, 0.3) is 0 Å². The Hall–Kier alpha value is -2.78. The van der Waals surface area contributed by atoms with Gasteiger partial charge in [-0.1, -0.05) is 6.07 Å². The molecule has 0 radical (unpaired) electrons. The molecule has 3 amide bonds. The molecular formula is C20H24F3N3O4. The summed E-state index contributed by atoms with van der Waals surface area (Å²) in [4.78, 5) is 40.4. The minimum absolute atomic E-state index is 0.0606. The van der Waals surface area contributed by atoms with Gasteiger partial charge in [0, 0.05) is 25.3 Å². The van der Waals surface area contributed by atoms with Gasteiger partial charge in [-0.25, -0.2) is 9.59 Å². The summed E-state index contributed by atoms with van der Waals surface area (Å²) in [7, 11) is 1.30. The van der Waals surface area contributed by atoms with Crippen LogP contribution in [-0.2, 0) is 16.0 Å². The molecule has 2 heterocycles. The number of methoxy groups -OCH3 is 1. The molecule has 3 rings (SSSR count). The Bertz CT molecular complexity index is 828. The average molecular weight is 427 g/mol. The molecule has 1 N–H and O–H groups in total. The highest BCUT2D eigenvalue weighted by molar-refractivity contribution is 5.98. The minimum Gasteiger partial charge on any atom is -0.465 e. The largest absolute Gasteiger partial charge is 0.465 e. The van der Waals surface area contributed by atoms with Gasteiger partial charge in [-0.2, -0.15) is 13.2 Å². The first kappa shape index (κ1) is 21.9. The first-order valence-corrected chi connectivity index (χ1v) is 9.82. The van der Waals surface area contributed by atoms with Gasteiger partial charge in [0.1, 0.15) is 6.54 Å². The molecule has 1 saturated heterocycles. The number of hydrogen-bond acceptors (Lipinski definition) is 4. The summed E-state index contributed by atoms with van der Waals surface area (Å²) in [5.41, 5.74) is 1.77. The number of hydrogen-bond donors (Lipinski definition) is 1. The molecule has 1 aromatic rings. The number of nitrogens with one attached hydrogen (secondary N) is 1. The molecule has 7 nitrogen and oxygen atoms in total. The number of piperidine rings is 1. The first-order valence-electron chi connectivity index (χ1n) is 9.82. The highest BCUT2D eigenvalue weighted by atomic mass is 19.4. The molecule has 1 fully saturated rings. The van der Waals surface area contributed by atoms with Gasteiger partial charge in [-0.05, 0) is 43.4 Å². The number of halogens is 3. The van der Waals surface area contributed by atoms with Gasteiger partial charge in [0.05, 0.1) is 18.6 Å². The number of benzene rings is 1. The van der Waals surface area contributed by atoms with Crippen LogP contribution in [-0.4, -0.2) is 62.3 Å². The lowest BCUT2D eigenvalue weighted by molar-refractivity contribution is -0.141. The van der Waals surface area contributed by atoms with E-state index in [0.29, 0.717) is 50.0 Å². The Morgan fingerprint density at radius 2 is 1.97 bits per heavy atom. The van der Waals surface area contributed by atoms with Crippen molar-refractivity contribution in [1.82, 2.24) is 10.2 Å². The first-order chi connectivity index (χ1) is 14.2. The van der Waals surface area contributed by atoms with Crippen LogP contribution in [0.1, 0.15) is 35.2 Å². The van der Waals surface area contributed by atoms with Crippen LogP contribution in [0.4, 0.5) is 23.7 Å². The van der Waals surface area contributed by atoms with Gasteiger partial charge in [-0.15, -0.1) is 0 Å². The lowest BCUT2D eigenvalue weighted by atomic mass is 9.95. The number of alkyl halides is 3. The summed E-state index contributed by atoms with van der Waals surface area (Å²) in [5, 5.41) is 1.91. The average Bonchev–Trinajstić information content (AvgIpc) is 2.75. The van der Waals surface area contributed by atoms with E-state index in [0.717, 1.165) is 5.56 Å². The van der Waals surface area contributed by atoms with Crippen molar-refractivity contribution in [3.63, 3.8) is 0 Å². The summed E-state index contributed by atoms with van der Waals surface area (Å²) in [6, 6.07) is 4.78. The lowest BCUT2D eigenvalue weighted by Gasteiger charge is -2.38. The number of urea groups is 1. The summed E-state index contributed by atoms with van der Waals surface area (Å²) in [6.45, 7) is -0.445. The van der Waals surface area contributed by atoms with Crippen molar-refractivity contribution in [1.29, 1.82) is 0 Å². The van der Waals surface area contributed by atoms with Gasteiger partial charge in [-0.3, -0.25) is 9.69 Å². The Kier molecular flexibility index (Phi) is 6.52. The van der Waals surface area contributed by atoms with Crippen molar-refractivity contribution in [3.8, 4) is 0 Å². The maximum atomic E-state index is 13.2. The molecule has 0 saturated carbocycles. The molecule has 164 valence electrons. The number of anilines is 1. The Morgan fingerprint density at radius 1 is 1.20 bits per heavy atom. The maximum absolute atomic E-state index is 13.2. The van der Waals surface area contributed by atoms with E-state index in [9.17, 15) is 27.6 Å². The fraction of sp³-hybridized carbons (Fsp3) is 0.550. The molecule has 1 aromatic carbocycles. The zero-order chi connectivity index (χ0) is 21.9. The van der Waals surface area contributed by atoms with Crippen LogP contribution in [0.15, 0.2) is 18.2 Å². The van der Waals surface area contributed by atoms with Gasteiger partial charge in [0.2, 0.25) is 5.91 Å².